The van der Waals surface area contributed by atoms with Crippen molar-refractivity contribution in [1.82, 2.24) is 0 Å². The van der Waals surface area contributed by atoms with Crippen molar-refractivity contribution in [2.24, 2.45) is 0 Å². The maximum Gasteiger partial charge on any atom is 1.00 e. The summed E-state index contributed by atoms with van der Waals surface area (Å²) in [6.07, 6.45) is 0. The molecule has 10 heavy (non-hydrogen) atoms. The summed E-state index contributed by atoms with van der Waals surface area (Å²) < 4.78 is 28.8. The van der Waals surface area contributed by atoms with Crippen molar-refractivity contribution >= 4 is 10.4 Å². The van der Waals surface area contributed by atoms with Crippen molar-refractivity contribution in [1.29, 1.82) is 0 Å². The molecule has 2 N–H and O–H groups in total. The van der Waals surface area contributed by atoms with Gasteiger partial charge in [0.2, 0.25) is 10.4 Å². The molecule has 10 heteroatoms. The molecule has 0 radical (unpaired) electrons. The molecule has 0 aliphatic rings. The van der Waals surface area contributed by atoms with Crippen LogP contribution >= 0.6 is 0 Å². The molecule has 7 nitrogen and oxygen atoms in total. The Labute approximate surface area is 142 Å². The Kier molecular flexibility index (Phi) is 33.6. The Morgan fingerprint density at radius 1 is 1.20 bits per heavy atom. The zero-order valence-electron chi connectivity index (χ0n) is 5.34. The van der Waals surface area contributed by atoms with E-state index >= 15 is 0 Å². The van der Waals surface area contributed by atoms with Gasteiger partial charge < -0.3 is 14.1 Å². The smallest absolute Gasteiger partial charge is 0.726 e. The van der Waals surface area contributed by atoms with E-state index in [1.54, 1.807) is 0 Å². The summed E-state index contributed by atoms with van der Waals surface area (Å²) in [7, 11) is -4.97. The van der Waals surface area contributed by atoms with Gasteiger partial charge in [-0.05, 0) is 0 Å². The monoisotopic (exact) mass is 224 g/mol. The topological polar surface area (TPSA) is 130 Å². The van der Waals surface area contributed by atoms with Crippen LogP contribution in [0.1, 0.15) is 0 Å². The SMILES string of the molecule is O=S(=O)([O-])O[O-].OO.[K+].[K+]. The average molecular weight is 224 g/mol. The third-order valence-electron chi connectivity index (χ3n) is 0.0833. The minimum Gasteiger partial charge on any atom is -0.726 e. The van der Waals surface area contributed by atoms with E-state index in [0.29, 0.717) is 0 Å². The van der Waals surface area contributed by atoms with E-state index in [0.717, 1.165) is 0 Å². The molecule has 0 fully saturated rings. The molecule has 52 valence electrons. The van der Waals surface area contributed by atoms with Gasteiger partial charge in [0, 0.05) is 0 Å². The van der Waals surface area contributed by atoms with Crippen LogP contribution in [0, 0.1) is 0 Å². The zero-order chi connectivity index (χ0) is 7.21. The molecule has 0 saturated heterocycles. The van der Waals surface area contributed by atoms with E-state index < -0.39 is 10.4 Å². The normalized spacial score (nSPS) is 7.60. The quantitative estimate of drug-likeness (QED) is 0.149. The Hall–Kier alpha value is 3.02. The van der Waals surface area contributed by atoms with Crippen LogP contribution in [0.15, 0.2) is 0 Å². The molecule has 0 bridgehead atoms. The van der Waals surface area contributed by atoms with Crippen LogP contribution in [0.2, 0.25) is 0 Å². The maximum atomic E-state index is 8.91. The predicted octanol–water partition coefficient (Wildman–Crippen LogP) is -8.24. The predicted molar refractivity (Wildman–Crippen MR) is 16.0 cm³/mol. The van der Waals surface area contributed by atoms with Gasteiger partial charge >= 0.3 is 103 Å². The van der Waals surface area contributed by atoms with Gasteiger partial charge in [-0.3, -0.25) is 10.5 Å². The van der Waals surface area contributed by atoms with Gasteiger partial charge in [-0.15, -0.1) is 0 Å². The fourth-order valence-electron chi connectivity index (χ4n) is 0. The molecule has 0 aromatic rings. The number of hydrogen-bond donors (Lipinski definition) is 2. The standard InChI is InChI=1S/2K.H2O5S.H2O2/c;;1-5-6(2,3)4;1-2/h;;1H,(H,2,3,4);1-2H/q2*+1;;/p-2. The largest absolute Gasteiger partial charge is 1.00 e. The summed E-state index contributed by atoms with van der Waals surface area (Å²) in [5.41, 5.74) is 0. The second-order valence-corrected chi connectivity index (χ2v) is 1.43. The maximum absolute atomic E-state index is 8.91. The molecule has 0 aromatic carbocycles. The van der Waals surface area contributed by atoms with E-state index in [9.17, 15) is 0 Å². The molecular weight excluding hydrogens is 222 g/mol. The summed E-state index contributed by atoms with van der Waals surface area (Å²) in [6, 6.07) is 0. The van der Waals surface area contributed by atoms with Crippen LogP contribution in [0.25, 0.3) is 0 Å². The molecule has 0 spiro atoms. The fourth-order valence-corrected chi connectivity index (χ4v) is 0. The van der Waals surface area contributed by atoms with Gasteiger partial charge in [-0.2, -0.15) is 0 Å². The first-order valence-corrected chi connectivity index (χ1v) is 2.37. The van der Waals surface area contributed by atoms with Crippen LogP contribution < -0.4 is 108 Å². The zero-order valence-corrected chi connectivity index (χ0v) is 12.4. The molecule has 0 amide bonds. The van der Waals surface area contributed by atoms with Crippen molar-refractivity contribution in [2.45, 2.75) is 0 Å². The molecular formula is H2K2O7S. The van der Waals surface area contributed by atoms with Crippen molar-refractivity contribution in [3.8, 4) is 0 Å². The Morgan fingerprint density at radius 3 is 1.30 bits per heavy atom. The van der Waals surface area contributed by atoms with E-state index in [-0.39, 0.29) is 103 Å². The van der Waals surface area contributed by atoms with Gasteiger partial charge in [-0.25, -0.2) is 8.42 Å². The van der Waals surface area contributed by atoms with Gasteiger partial charge in [0.1, 0.15) is 0 Å². The van der Waals surface area contributed by atoms with Gasteiger partial charge in [-0.1, -0.05) is 0 Å². The Bertz CT molecular complexity index is 114. The second kappa shape index (κ2) is 14.5. The van der Waals surface area contributed by atoms with Crippen LogP contribution in [-0.4, -0.2) is 23.5 Å². The van der Waals surface area contributed by atoms with E-state index in [2.05, 4.69) is 4.33 Å². The molecule has 0 aromatic heterocycles. The molecule has 0 atom stereocenters. The summed E-state index contributed by atoms with van der Waals surface area (Å²) in [6.45, 7) is 0. The molecule has 0 aliphatic heterocycles. The van der Waals surface area contributed by atoms with Gasteiger partial charge in [0.05, 0.1) is 0 Å². The number of rotatable bonds is 1. The number of hydrogen-bond acceptors (Lipinski definition) is 7. The van der Waals surface area contributed by atoms with Crippen molar-refractivity contribution in [2.75, 3.05) is 0 Å². The van der Waals surface area contributed by atoms with Crippen LogP contribution in [0.5, 0.6) is 0 Å². The summed E-state index contributed by atoms with van der Waals surface area (Å²) in [5, 5.41) is 20.6. The minimum atomic E-state index is -4.97. The summed E-state index contributed by atoms with van der Waals surface area (Å²) >= 11 is 0. The van der Waals surface area contributed by atoms with Crippen LogP contribution in [-0.2, 0) is 14.7 Å². The molecule has 0 heterocycles. The second-order valence-electron chi connectivity index (χ2n) is 0.476. The van der Waals surface area contributed by atoms with Crippen molar-refractivity contribution < 1.29 is 136 Å². The van der Waals surface area contributed by atoms with E-state index in [1.165, 1.54) is 0 Å². The molecule has 0 rings (SSSR count). The Morgan fingerprint density at radius 2 is 1.30 bits per heavy atom. The van der Waals surface area contributed by atoms with Crippen molar-refractivity contribution in [3.05, 3.63) is 0 Å². The first-order chi connectivity index (χ1) is 3.56. The summed E-state index contributed by atoms with van der Waals surface area (Å²) in [4.78, 5) is 0. The van der Waals surface area contributed by atoms with Gasteiger partial charge in [0.25, 0.3) is 0 Å². The van der Waals surface area contributed by atoms with Crippen molar-refractivity contribution in [3.63, 3.8) is 0 Å². The first kappa shape index (κ1) is 23.1. The van der Waals surface area contributed by atoms with Gasteiger partial charge in [0.15, 0.2) is 0 Å². The molecule has 0 unspecified atom stereocenters. The van der Waals surface area contributed by atoms with Crippen LogP contribution in [0.4, 0.5) is 0 Å². The third kappa shape index (κ3) is 30.5. The fraction of sp³-hybridized carbons (Fsp3) is 0. The van der Waals surface area contributed by atoms with E-state index in [1.807, 2.05) is 0 Å². The third-order valence-corrected chi connectivity index (χ3v) is 0.250. The molecule has 0 aliphatic carbocycles. The molecule has 0 saturated carbocycles. The average Bonchev–Trinajstić information content (AvgIpc) is 1.71. The Balaban J connectivity index is -0.0000000412. The van der Waals surface area contributed by atoms with E-state index in [4.69, 9.17) is 28.7 Å². The first-order valence-electron chi connectivity index (χ1n) is 1.03. The van der Waals surface area contributed by atoms with Crippen LogP contribution in [0.3, 0.4) is 0 Å². The summed E-state index contributed by atoms with van der Waals surface area (Å²) in [5.74, 6) is 0. The minimum absolute atomic E-state index is 0.